The molecule has 9 nitrogen and oxygen atoms in total. The summed E-state index contributed by atoms with van der Waals surface area (Å²) in [5.41, 5.74) is 0. The van der Waals surface area contributed by atoms with Gasteiger partial charge in [0.05, 0.1) is 0 Å². The SMILES string of the molecule is CCc1nsc(N2CCN(C(=NC)NCCn3cnnc3CC)CC2)n1. The van der Waals surface area contributed by atoms with E-state index in [0.29, 0.717) is 0 Å². The van der Waals surface area contributed by atoms with Crippen LogP contribution in [0.25, 0.3) is 0 Å². The average Bonchev–Trinajstić information content (AvgIpc) is 3.34. The van der Waals surface area contributed by atoms with Crippen molar-refractivity contribution < 1.29 is 0 Å². The van der Waals surface area contributed by atoms with E-state index in [9.17, 15) is 0 Å². The summed E-state index contributed by atoms with van der Waals surface area (Å²) in [5.74, 6) is 2.89. The Morgan fingerprint density at radius 3 is 2.69 bits per heavy atom. The third-order valence-corrected chi connectivity index (χ3v) is 5.30. The van der Waals surface area contributed by atoms with Gasteiger partial charge in [-0.2, -0.15) is 4.37 Å². The smallest absolute Gasteiger partial charge is 0.205 e. The summed E-state index contributed by atoms with van der Waals surface area (Å²) >= 11 is 1.50. The summed E-state index contributed by atoms with van der Waals surface area (Å²) in [4.78, 5) is 13.6. The van der Waals surface area contributed by atoms with Crippen molar-refractivity contribution in [2.75, 3.05) is 44.7 Å². The van der Waals surface area contributed by atoms with Gasteiger partial charge in [0.25, 0.3) is 0 Å². The molecule has 2 aromatic rings. The second-order valence-electron chi connectivity index (χ2n) is 6.09. The summed E-state index contributed by atoms with van der Waals surface area (Å²) in [6.07, 6.45) is 3.57. The summed E-state index contributed by atoms with van der Waals surface area (Å²) in [7, 11) is 1.84. The molecule has 1 aliphatic heterocycles. The molecule has 0 unspecified atom stereocenters. The summed E-state index contributed by atoms with van der Waals surface area (Å²) < 4.78 is 6.47. The lowest BCUT2D eigenvalue weighted by atomic mass is 10.3. The fraction of sp³-hybridized carbons (Fsp3) is 0.688. The number of guanidine groups is 1. The first-order valence-electron chi connectivity index (χ1n) is 9.15. The number of aliphatic imine (C=N–C) groups is 1. The molecule has 0 radical (unpaired) electrons. The van der Waals surface area contributed by atoms with E-state index in [-0.39, 0.29) is 0 Å². The summed E-state index contributed by atoms with van der Waals surface area (Å²) in [6, 6.07) is 0. The molecule has 2 aromatic heterocycles. The maximum absolute atomic E-state index is 4.59. The molecule has 3 heterocycles. The van der Waals surface area contributed by atoms with Crippen molar-refractivity contribution >= 4 is 22.6 Å². The lowest BCUT2D eigenvalue weighted by molar-refractivity contribution is 0.371. The zero-order valence-electron chi connectivity index (χ0n) is 15.7. The van der Waals surface area contributed by atoms with Crippen LogP contribution in [0.2, 0.25) is 0 Å². The molecule has 0 aliphatic carbocycles. The van der Waals surface area contributed by atoms with Gasteiger partial charge >= 0.3 is 0 Å². The number of nitrogens with one attached hydrogen (secondary N) is 1. The number of hydrogen-bond acceptors (Lipinski definition) is 7. The quantitative estimate of drug-likeness (QED) is 0.584. The molecular weight excluding hydrogens is 350 g/mol. The molecule has 142 valence electrons. The molecule has 0 spiro atoms. The van der Waals surface area contributed by atoms with Crippen LogP contribution < -0.4 is 10.2 Å². The Kier molecular flexibility index (Phi) is 6.37. The third kappa shape index (κ3) is 4.29. The van der Waals surface area contributed by atoms with Gasteiger partial charge in [-0.15, -0.1) is 10.2 Å². The molecule has 10 heteroatoms. The van der Waals surface area contributed by atoms with Crippen LogP contribution in [0.1, 0.15) is 25.5 Å². The number of aromatic nitrogens is 5. The van der Waals surface area contributed by atoms with Crippen molar-refractivity contribution in [2.45, 2.75) is 33.2 Å². The minimum atomic E-state index is 0.800. The number of rotatable bonds is 6. The van der Waals surface area contributed by atoms with E-state index in [4.69, 9.17) is 0 Å². The Bertz CT molecular complexity index is 715. The monoisotopic (exact) mass is 377 g/mol. The highest BCUT2D eigenvalue weighted by Crippen LogP contribution is 2.19. The first-order valence-corrected chi connectivity index (χ1v) is 9.92. The maximum Gasteiger partial charge on any atom is 0.205 e. The Morgan fingerprint density at radius 2 is 2.04 bits per heavy atom. The highest BCUT2D eigenvalue weighted by molar-refractivity contribution is 7.09. The van der Waals surface area contributed by atoms with Gasteiger partial charge in [-0.1, -0.05) is 13.8 Å². The molecule has 1 N–H and O–H groups in total. The van der Waals surface area contributed by atoms with Crippen LogP contribution in [0, 0.1) is 0 Å². The van der Waals surface area contributed by atoms with Gasteiger partial charge in [-0.25, -0.2) is 4.98 Å². The molecule has 1 fully saturated rings. The van der Waals surface area contributed by atoms with Gasteiger partial charge in [0.1, 0.15) is 18.0 Å². The molecule has 0 saturated carbocycles. The van der Waals surface area contributed by atoms with Crippen LogP contribution >= 0.6 is 11.5 Å². The van der Waals surface area contributed by atoms with Crippen molar-refractivity contribution in [2.24, 2.45) is 4.99 Å². The predicted molar refractivity (Wildman–Crippen MR) is 104 cm³/mol. The van der Waals surface area contributed by atoms with Crippen molar-refractivity contribution in [3.8, 4) is 0 Å². The van der Waals surface area contributed by atoms with Gasteiger partial charge in [0.15, 0.2) is 5.96 Å². The number of aryl methyl sites for hydroxylation is 2. The second-order valence-corrected chi connectivity index (χ2v) is 6.82. The van der Waals surface area contributed by atoms with E-state index in [1.54, 1.807) is 6.33 Å². The third-order valence-electron chi connectivity index (χ3n) is 4.48. The van der Waals surface area contributed by atoms with Crippen molar-refractivity contribution in [1.82, 2.24) is 34.3 Å². The molecule has 1 aliphatic rings. The van der Waals surface area contributed by atoms with Crippen LogP contribution in [-0.4, -0.2) is 74.8 Å². The van der Waals surface area contributed by atoms with Crippen molar-refractivity contribution in [3.05, 3.63) is 18.0 Å². The zero-order chi connectivity index (χ0) is 18.4. The van der Waals surface area contributed by atoms with Crippen LogP contribution in [0.5, 0.6) is 0 Å². The van der Waals surface area contributed by atoms with E-state index in [1.165, 1.54) is 11.5 Å². The van der Waals surface area contributed by atoms with Crippen LogP contribution in [0.4, 0.5) is 5.13 Å². The molecule has 0 bridgehead atoms. The normalized spacial score (nSPS) is 15.6. The van der Waals surface area contributed by atoms with E-state index < -0.39 is 0 Å². The standard InChI is InChI=1S/C16H27N9S/c1-4-13-20-16(26-22-13)24-10-8-23(9-11-24)15(17-3)18-6-7-25-12-19-21-14(25)5-2/h12H,4-11H2,1-3H3,(H,17,18). The highest BCUT2D eigenvalue weighted by atomic mass is 32.1. The molecule has 26 heavy (non-hydrogen) atoms. The maximum atomic E-state index is 4.59. The molecule has 0 atom stereocenters. The van der Waals surface area contributed by atoms with Gasteiger partial charge in [-0.05, 0) is 0 Å². The molecule has 0 amide bonds. The van der Waals surface area contributed by atoms with Crippen molar-refractivity contribution in [1.29, 1.82) is 0 Å². The van der Waals surface area contributed by atoms with Crippen LogP contribution in [0.15, 0.2) is 11.3 Å². The summed E-state index contributed by atoms with van der Waals surface area (Å²) in [5, 5.41) is 12.6. The fourth-order valence-corrected chi connectivity index (χ4v) is 3.79. The van der Waals surface area contributed by atoms with Crippen molar-refractivity contribution in [3.63, 3.8) is 0 Å². The van der Waals surface area contributed by atoms with Crippen LogP contribution in [-0.2, 0) is 19.4 Å². The highest BCUT2D eigenvalue weighted by Gasteiger charge is 2.21. The van der Waals surface area contributed by atoms with Gasteiger partial charge in [-0.3, -0.25) is 4.99 Å². The Hall–Kier alpha value is -2.23. The lowest BCUT2D eigenvalue weighted by Crippen LogP contribution is -2.53. The van der Waals surface area contributed by atoms with E-state index in [1.807, 2.05) is 7.05 Å². The molecule has 1 saturated heterocycles. The van der Waals surface area contributed by atoms with E-state index in [2.05, 4.69) is 58.1 Å². The Labute approximate surface area is 158 Å². The Balaban J connectivity index is 1.47. The predicted octanol–water partition coefficient (Wildman–Crippen LogP) is 0.652. The van der Waals surface area contributed by atoms with E-state index >= 15 is 0 Å². The second kappa shape index (κ2) is 8.93. The Morgan fingerprint density at radius 1 is 1.23 bits per heavy atom. The van der Waals surface area contributed by atoms with Gasteiger partial charge in [0, 0.05) is 70.7 Å². The van der Waals surface area contributed by atoms with Gasteiger partial charge < -0.3 is 19.7 Å². The first-order chi connectivity index (χ1) is 12.7. The van der Waals surface area contributed by atoms with Crippen LogP contribution in [0.3, 0.4) is 0 Å². The topological polar surface area (TPSA) is 87.4 Å². The average molecular weight is 378 g/mol. The summed E-state index contributed by atoms with van der Waals surface area (Å²) in [6.45, 7) is 9.53. The first kappa shape index (κ1) is 18.6. The minimum absolute atomic E-state index is 0.800. The molecule has 0 aromatic carbocycles. The largest absolute Gasteiger partial charge is 0.354 e. The number of piperazine rings is 1. The number of anilines is 1. The number of nitrogens with zero attached hydrogens (tertiary/aromatic N) is 8. The lowest BCUT2D eigenvalue weighted by Gasteiger charge is -2.36. The number of hydrogen-bond donors (Lipinski definition) is 1. The molecule has 3 rings (SSSR count). The van der Waals surface area contributed by atoms with E-state index in [0.717, 1.165) is 74.9 Å². The zero-order valence-corrected chi connectivity index (χ0v) is 16.5. The molecular formula is C16H27N9S. The minimum Gasteiger partial charge on any atom is -0.354 e. The van der Waals surface area contributed by atoms with Gasteiger partial charge in [0.2, 0.25) is 5.13 Å². The fourth-order valence-electron chi connectivity index (χ4n) is 2.99.